The van der Waals surface area contributed by atoms with Gasteiger partial charge in [-0.1, -0.05) is 11.6 Å². The molecule has 0 atom stereocenters. The van der Waals surface area contributed by atoms with Gasteiger partial charge in [-0.3, -0.25) is 4.98 Å². The summed E-state index contributed by atoms with van der Waals surface area (Å²) in [5.74, 6) is -0.589. The Morgan fingerprint density at radius 3 is 2.82 bits per heavy atom. The van der Waals surface area contributed by atoms with Crippen LogP contribution in [0.15, 0.2) is 57.7 Å². The lowest BCUT2D eigenvalue weighted by molar-refractivity contribution is 0.0472. The maximum atomic E-state index is 12.6. The third-order valence-corrected chi connectivity index (χ3v) is 4.59. The molecule has 0 amide bonds. The molecule has 4 aromatic rings. The summed E-state index contributed by atoms with van der Waals surface area (Å²) in [6, 6.07) is 12.6. The monoisotopic (exact) mass is 395 g/mol. The Bertz CT molecular complexity index is 1300. The number of pyridine rings is 1. The normalized spacial score (nSPS) is 11.1. The van der Waals surface area contributed by atoms with Gasteiger partial charge in [0.05, 0.1) is 16.8 Å². The van der Waals surface area contributed by atoms with Crippen molar-refractivity contribution in [1.29, 1.82) is 0 Å². The van der Waals surface area contributed by atoms with Crippen LogP contribution in [0.5, 0.6) is 5.75 Å². The summed E-state index contributed by atoms with van der Waals surface area (Å²) in [5.41, 5.74) is 1.68. The number of halogens is 1. The van der Waals surface area contributed by atoms with Crippen molar-refractivity contribution in [2.45, 2.75) is 13.5 Å². The number of aromatic hydroxyl groups is 1. The number of carbonyl (C=O) groups is 1. The number of aromatic nitrogens is 1. The van der Waals surface area contributed by atoms with Crippen LogP contribution in [0.3, 0.4) is 0 Å². The second-order valence-corrected chi connectivity index (χ2v) is 6.74. The average Bonchev–Trinajstić information content (AvgIpc) is 2.65. The Kier molecular flexibility index (Phi) is 4.49. The number of phenolic OH excluding ortho intramolecular Hbond substituents is 1. The molecular formula is C21H14ClNO5. The summed E-state index contributed by atoms with van der Waals surface area (Å²) in [6.45, 7) is 1.60. The first-order valence-corrected chi connectivity index (χ1v) is 8.78. The van der Waals surface area contributed by atoms with E-state index in [1.54, 1.807) is 37.3 Å². The third-order valence-electron chi connectivity index (χ3n) is 4.36. The standard InChI is InChI=1S/C21H14ClNO5/c1-11-17(7-12-6-14(22)2-5-18(12)23-11)21(26)27-10-13-8-20(25)28-19-9-15(24)3-4-16(13)19/h2-9,24H,10H2,1H3. The highest BCUT2D eigenvalue weighted by Gasteiger charge is 2.15. The molecule has 0 fully saturated rings. The number of esters is 1. The minimum Gasteiger partial charge on any atom is -0.508 e. The van der Waals surface area contributed by atoms with E-state index in [1.165, 1.54) is 18.2 Å². The number of nitrogens with zero attached hydrogens (tertiary/aromatic N) is 1. The van der Waals surface area contributed by atoms with E-state index in [1.807, 2.05) is 0 Å². The third kappa shape index (κ3) is 3.42. The van der Waals surface area contributed by atoms with E-state index < -0.39 is 11.6 Å². The zero-order valence-electron chi connectivity index (χ0n) is 14.7. The number of rotatable bonds is 3. The van der Waals surface area contributed by atoms with E-state index in [4.69, 9.17) is 20.8 Å². The molecule has 2 aromatic carbocycles. The predicted octanol–water partition coefficient (Wildman–Crippen LogP) is 4.37. The molecule has 0 saturated heterocycles. The van der Waals surface area contributed by atoms with Gasteiger partial charge in [-0.25, -0.2) is 9.59 Å². The quantitative estimate of drug-likeness (QED) is 0.409. The maximum Gasteiger partial charge on any atom is 0.340 e. The fourth-order valence-electron chi connectivity index (χ4n) is 3.01. The molecule has 1 N–H and O–H groups in total. The molecular weight excluding hydrogens is 382 g/mol. The summed E-state index contributed by atoms with van der Waals surface area (Å²) in [7, 11) is 0. The van der Waals surface area contributed by atoms with E-state index in [0.717, 1.165) is 10.9 Å². The fourth-order valence-corrected chi connectivity index (χ4v) is 3.19. The fraction of sp³-hybridized carbons (Fsp3) is 0.0952. The largest absolute Gasteiger partial charge is 0.508 e. The lowest BCUT2D eigenvalue weighted by Crippen LogP contribution is -2.10. The van der Waals surface area contributed by atoms with Crippen LogP contribution in [0.25, 0.3) is 21.9 Å². The summed E-state index contributed by atoms with van der Waals surface area (Å²) in [4.78, 5) is 28.8. The van der Waals surface area contributed by atoms with E-state index >= 15 is 0 Å². The van der Waals surface area contributed by atoms with Crippen molar-refractivity contribution >= 4 is 39.4 Å². The Morgan fingerprint density at radius 2 is 2.00 bits per heavy atom. The number of fused-ring (bicyclic) bond motifs is 2. The van der Waals surface area contributed by atoms with Crippen molar-refractivity contribution < 1.29 is 19.1 Å². The average molecular weight is 396 g/mol. The zero-order valence-corrected chi connectivity index (χ0v) is 15.5. The van der Waals surface area contributed by atoms with Crippen molar-refractivity contribution in [3.8, 4) is 5.75 Å². The van der Waals surface area contributed by atoms with E-state index in [0.29, 0.717) is 27.2 Å². The highest BCUT2D eigenvalue weighted by molar-refractivity contribution is 6.31. The Hall–Kier alpha value is -3.38. The number of phenols is 1. The van der Waals surface area contributed by atoms with Gasteiger partial charge in [-0.15, -0.1) is 0 Å². The second kappa shape index (κ2) is 6.98. The van der Waals surface area contributed by atoms with Gasteiger partial charge in [0, 0.05) is 33.5 Å². The molecule has 0 saturated carbocycles. The number of carbonyl (C=O) groups excluding carboxylic acids is 1. The highest BCUT2D eigenvalue weighted by atomic mass is 35.5. The van der Waals surface area contributed by atoms with Crippen molar-refractivity contribution in [3.05, 3.63) is 80.8 Å². The summed E-state index contributed by atoms with van der Waals surface area (Å²) < 4.78 is 10.5. The number of aryl methyl sites for hydroxylation is 1. The van der Waals surface area contributed by atoms with E-state index in [2.05, 4.69) is 4.98 Å². The molecule has 0 unspecified atom stereocenters. The number of hydrogen-bond acceptors (Lipinski definition) is 6. The van der Waals surface area contributed by atoms with Crippen LogP contribution in [0.4, 0.5) is 0 Å². The highest BCUT2D eigenvalue weighted by Crippen LogP contribution is 2.24. The van der Waals surface area contributed by atoms with Crippen LogP contribution in [-0.2, 0) is 11.3 Å². The van der Waals surface area contributed by atoms with Crippen LogP contribution in [-0.4, -0.2) is 16.1 Å². The first-order valence-electron chi connectivity index (χ1n) is 8.40. The van der Waals surface area contributed by atoms with Crippen molar-refractivity contribution in [2.75, 3.05) is 0 Å². The molecule has 7 heteroatoms. The molecule has 6 nitrogen and oxygen atoms in total. The van der Waals surface area contributed by atoms with Gasteiger partial charge in [0.25, 0.3) is 0 Å². The SMILES string of the molecule is Cc1nc2ccc(Cl)cc2cc1C(=O)OCc1cc(=O)oc2cc(O)ccc12. The molecule has 0 radical (unpaired) electrons. The van der Waals surface area contributed by atoms with E-state index in [-0.39, 0.29) is 17.9 Å². The summed E-state index contributed by atoms with van der Waals surface area (Å²) >= 11 is 6.01. The van der Waals surface area contributed by atoms with Gasteiger partial charge in [0.2, 0.25) is 0 Å². The Labute approximate surface area is 164 Å². The first-order chi connectivity index (χ1) is 13.4. The molecule has 140 valence electrons. The maximum absolute atomic E-state index is 12.6. The lowest BCUT2D eigenvalue weighted by atomic mass is 10.1. The Balaban J connectivity index is 1.65. The van der Waals surface area contributed by atoms with Gasteiger partial charge in [-0.2, -0.15) is 0 Å². The van der Waals surface area contributed by atoms with Gasteiger partial charge in [0.15, 0.2) is 0 Å². The van der Waals surface area contributed by atoms with Crippen LogP contribution in [0.2, 0.25) is 5.02 Å². The van der Waals surface area contributed by atoms with Gasteiger partial charge in [0.1, 0.15) is 17.9 Å². The predicted molar refractivity (Wildman–Crippen MR) is 105 cm³/mol. The van der Waals surface area contributed by atoms with Crippen LogP contribution >= 0.6 is 11.6 Å². The number of benzene rings is 2. The lowest BCUT2D eigenvalue weighted by Gasteiger charge is -2.10. The number of hydrogen-bond donors (Lipinski definition) is 1. The van der Waals surface area contributed by atoms with Crippen molar-refractivity contribution in [1.82, 2.24) is 4.98 Å². The molecule has 2 heterocycles. The molecule has 28 heavy (non-hydrogen) atoms. The molecule has 4 rings (SSSR count). The molecule has 0 aliphatic carbocycles. The molecule has 0 aliphatic rings. The van der Waals surface area contributed by atoms with Crippen LogP contribution in [0.1, 0.15) is 21.6 Å². The molecule has 0 spiro atoms. The molecule has 0 bridgehead atoms. The summed E-state index contributed by atoms with van der Waals surface area (Å²) in [6.07, 6.45) is 0. The smallest absolute Gasteiger partial charge is 0.340 e. The van der Waals surface area contributed by atoms with E-state index in [9.17, 15) is 14.7 Å². The Morgan fingerprint density at radius 1 is 1.18 bits per heavy atom. The number of ether oxygens (including phenoxy) is 1. The second-order valence-electron chi connectivity index (χ2n) is 6.31. The summed E-state index contributed by atoms with van der Waals surface area (Å²) in [5, 5.41) is 11.4. The van der Waals surface area contributed by atoms with Gasteiger partial charge < -0.3 is 14.3 Å². The van der Waals surface area contributed by atoms with Gasteiger partial charge >= 0.3 is 11.6 Å². The van der Waals surface area contributed by atoms with Gasteiger partial charge in [-0.05, 0) is 43.3 Å². The topological polar surface area (TPSA) is 89.6 Å². The minimum absolute atomic E-state index is 0.0266. The van der Waals surface area contributed by atoms with Crippen molar-refractivity contribution in [3.63, 3.8) is 0 Å². The van der Waals surface area contributed by atoms with Crippen LogP contribution < -0.4 is 5.63 Å². The molecule has 2 aromatic heterocycles. The zero-order chi connectivity index (χ0) is 19.8. The van der Waals surface area contributed by atoms with Crippen LogP contribution in [0, 0.1) is 6.92 Å². The first kappa shape index (κ1) is 18.0. The molecule has 0 aliphatic heterocycles. The minimum atomic E-state index is -0.595. The van der Waals surface area contributed by atoms with Crippen molar-refractivity contribution in [2.24, 2.45) is 0 Å².